The summed E-state index contributed by atoms with van der Waals surface area (Å²) in [5.74, 6) is 0. The smallest absolute Gasteiger partial charge is 0.0629 e. The first kappa shape index (κ1) is 23.2. The van der Waals surface area contributed by atoms with E-state index in [2.05, 4.69) is 68.4 Å². The fourth-order valence-electron chi connectivity index (χ4n) is 4.80. The SMILES string of the molecule is Cc1cc2c(cc1/C=N/c1ccccc1)c1cc(/C=N/c3ccccc3)c(C)cc1p2-c1ccccc1. The quantitative estimate of drug-likeness (QED) is 0.213. The first-order valence-electron chi connectivity index (χ1n) is 12.5. The van der Waals surface area contributed by atoms with Gasteiger partial charge in [-0.1, -0.05) is 74.3 Å². The average Bonchev–Trinajstić information content (AvgIpc) is 3.23. The van der Waals surface area contributed by atoms with Crippen LogP contribution in [-0.2, 0) is 0 Å². The van der Waals surface area contributed by atoms with Gasteiger partial charge in [-0.05, 0) is 101 Å². The largest absolute Gasteiger partial charge is 0.256 e. The van der Waals surface area contributed by atoms with Gasteiger partial charge in [0.05, 0.1) is 11.4 Å². The second-order valence-electron chi connectivity index (χ2n) is 9.31. The number of hydrogen-bond acceptors (Lipinski definition) is 2. The molecule has 0 aliphatic rings. The van der Waals surface area contributed by atoms with Gasteiger partial charge in [0.25, 0.3) is 0 Å². The second kappa shape index (κ2) is 10.0. The maximum atomic E-state index is 4.75. The fraction of sp³-hybridized carbons (Fsp3) is 0.0588. The first-order valence-corrected chi connectivity index (χ1v) is 13.8. The Morgan fingerprint density at radius 3 is 1.35 bits per heavy atom. The Bertz CT molecular complexity index is 1650. The van der Waals surface area contributed by atoms with Crippen molar-refractivity contribution in [2.45, 2.75) is 13.8 Å². The van der Waals surface area contributed by atoms with Crippen LogP contribution in [0.5, 0.6) is 0 Å². The maximum Gasteiger partial charge on any atom is 0.0629 e. The van der Waals surface area contributed by atoms with Crippen LogP contribution in [0, 0.1) is 13.8 Å². The van der Waals surface area contributed by atoms with Crippen LogP contribution in [0.4, 0.5) is 11.4 Å². The lowest BCUT2D eigenvalue weighted by molar-refractivity contribution is 1.46. The van der Waals surface area contributed by atoms with Gasteiger partial charge in [0.2, 0.25) is 0 Å². The third-order valence-electron chi connectivity index (χ3n) is 6.77. The zero-order chi connectivity index (χ0) is 25.2. The molecule has 6 aromatic rings. The van der Waals surface area contributed by atoms with Gasteiger partial charge >= 0.3 is 0 Å². The summed E-state index contributed by atoms with van der Waals surface area (Å²) in [4.78, 5) is 9.50. The zero-order valence-corrected chi connectivity index (χ0v) is 21.9. The fourth-order valence-corrected chi connectivity index (χ4v) is 7.58. The topological polar surface area (TPSA) is 24.7 Å². The van der Waals surface area contributed by atoms with Crippen molar-refractivity contribution in [3.05, 3.63) is 138 Å². The number of aryl methyl sites for hydroxylation is 2. The average molecular weight is 495 g/mol. The van der Waals surface area contributed by atoms with E-state index in [1.807, 2.05) is 73.1 Å². The zero-order valence-electron chi connectivity index (χ0n) is 21.0. The van der Waals surface area contributed by atoms with Gasteiger partial charge < -0.3 is 0 Å². The van der Waals surface area contributed by atoms with Crippen LogP contribution in [-0.4, -0.2) is 12.4 Å². The number of para-hydroxylation sites is 2. The Balaban J connectivity index is 1.57. The third-order valence-corrected chi connectivity index (χ3v) is 9.29. The highest BCUT2D eigenvalue weighted by Gasteiger charge is 2.16. The molecule has 2 nitrogen and oxygen atoms in total. The summed E-state index contributed by atoms with van der Waals surface area (Å²) in [6.45, 7) is 4.38. The maximum absolute atomic E-state index is 4.75. The van der Waals surface area contributed by atoms with E-state index in [0.29, 0.717) is 0 Å². The van der Waals surface area contributed by atoms with E-state index in [0.717, 1.165) is 22.5 Å². The molecule has 0 radical (unpaired) electrons. The predicted octanol–water partition coefficient (Wildman–Crippen LogP) is 10.1. The monoisotopic (exact) mass is 494 g/mol. The van der Waals surface area contributed by atoms with Crippen molar-refractivity contribution >= 4 is 52.3 Å². The van der Waals surface area contributed by atoms with Gasteiger partial charge in [-0.15, -0.1) is 0 Å². The molecule has 5 aromatic carbocycles. The number of benzene rings is 5. The Kier molecular flexibility index (Phi) is 6.26. The molecule has 0 unspecified atom stereocenters. The summed E-state index contributed by atoms with van der Waals surface area (Å²) in [6, 6.07) is 40.6. The van der Waals surface area contributed by atoms with Crippen LogP contribution < -0.4 is 0 Å². The van der Waals surface area contributed by atoms with Crippen molar-refractivity contribution in [1.29, 1.82) is 0 Å². The molecule has 37 heavy (non-hydrogen) atoms. The number of nitrogens with zero attached hydrogens (tertiary/aromatic N) is 2. The summed E-state index contributed by atoms with van der Waals surface area (Å²) in [5, 5.41) is 6.83. The van der Waals surface area contributed by atoms with E-state index in [-0.39, 0.29) is 0 Å². The molecular formula is C34H27N2P. The minimum Gasteiger partial charge on any atom is -0.256 e. The van der Waals surface area contributed by atoms with Crippen LogP contribution in [0.2, 0.25) is 0 Å². The first-order chi connectivity index (χ1) is 18.2. The minimum absolute atomic E-state index is 0.624. The van der Waals surface area contributed by atoms with Crippen LogP contribution in [0.25, 0.3) is 26.3 Å². The summed E-state index contributed by atoms with van der Waals surface area (Å²) >= 11 is 0. The Morgan fingerprint density at radius 2 is 0.919 bits per heavy atom. The van der Waals surface area contributed by atoms with Gasteiger partial charge in [0.1, 0.15) is 0 Å². The van der Waals surface area contributed by atoms with Crippen LogP contribution in [0.15, 0.2) is 125 Å². The molecule has 0 atom stereocenters. The van der Waals surface area contributed by atoms with Crippen LogP contribution in [0.1, 0.15) is 22.3 Å². The minimum atomic E-state index is -0.624. The van der Waals surface area contributed by atoms with E-state index in [4.69, 9.17) is 9.98 Å². The molecule has 1 heterocycles. The molecule has 0 N–H and O–H groups in total. The predicted molar refractivity (Wildman–Crippen MR) is 162 cm³/mol. The molecule has 0 spiro atoms. The second-order valence-corrected chi connectivity index (χ2v) is 11.5. The van der Waals surface area contributed by atoms with Crippen molar-refractivity contribution in [1.82, 2.24) is 0 Å². The molecular weight excluding hydrogens is 467 g/mol. The molecule has 0 saturated carbocycles. The Labute approximate surface area is 218 Å². The molecule has 6 rings (SSSR count). The summed E-state index contributed by atoms with van der Waals surface area (Å²) in [7, 11) is -0.624. The standard InChI is InChI=1S/C34H27N2P/c1-24-18-33-31(20-26(24)22-35-28-12-6-3-7-13-28)32-21-27(23-36-29-14-8-4-9-15-29)25(2)19-34(32)37(33)30-16-10-5-11-17-30/h3-23H,1-2H3/b35-22+,36-23+. The molecule has 0 amide bonds. The van der Waals surface area contributed by atoms with Gasteiger partial charge in [-0.3, -0.25) is 9.98 Å². The van der Waals surface area contributed by atoms with Gasteiger partial charge in [-0.25, -0.2) is 0 Å². The van der Waals surface area contributed by atoms with Crippen LogP contribution in [0.3, 0.4) is 0 Å². The summed E-state index contributed by atoms with van der Waals surface area (Å²) < 4.78 is 0. The molecule has 0 saturated heterocycles. The van der Waals surface area contributed by atoms with Gasteiger partial charge in [-0.2, -0.15) is 0 Å². The molecule has 0 fully saturated rings. The summed E-state index contributed by atoms with van der Waals surface area (Å²) in [5.41, 5.74) is 6.72. The van der Waals surface area contributed by atoms with Crippen molar-refractivity contribution < 1.29 is 0 Å². The number of rotatable bonds is 5. The van der Waals surface area contributed by atoms with Crippen molar-refractivity contribution in [3.63, 3.8) is 0 Å². The van der Waals surface area contributed by atoms with Crippen molar-refractivity contribution in [2.75, 3.05) is 0 Å². The number of fused-ring (bicyclic) bond motifs is 3. The van der Waals surface area contributed by atoms with Crippen molar-refractivity contribution in [2.24, 2.45) is 9.98 Å². The van der Waals surface area contributed by atoms with Crippen LogP contribution >= 0.6 is 7.53 Å². The molecule has 3 heteroatoms. The highest BCUT2D eigenvalue weighted by Crippen LogP contribution is 2.55. The Hall–Kier alpha value is -4.26. The molecule has 178 valence electrons. The molecule has 0 bridgehead atoms. The van der Waals surface area contributed by atoms with E-state index in [1.54, 1.807) is 0 Å². The number of hydrogen-bond donors (Lipinski definition) is 0. The van der Waals surface area contributed by atoms with E-state index in [1.165, 1.54) is 37.4 Å². The number of aliphatic imine (C=N–C) groups is 2. The molecule has 0 aliphatic carbocycles. The lowest BCUT2D eigenvalue weighted by atomic mass is 10.0. The van der Waals surface area contributed by atoms with Gasteiger partial charge in [0, 0.05) is 22.7 Å². The highest BCUT2D eigenvalue weighted by atomic mass is 31.1. The van der Waals surface area contributed by atoms with Gasteiger partial charge in [0.15, 0.2) is 0 Å². The Morgan fingerprint density at radius 1 is 0.514 bits per heavy atom. The third kappa shape index (κ3) is 4.65. The van der Waals surface area contributed by atoms with E-state index < -0.39 is 7.53 Å². The molecule has 1 aromatic heterocycles. The normalized spacial score (nSPS) is 11.8. The highest BCUT2D eigenvalue weighted by molar-refractivity contribution is 7.67. The van der Waals surface area contributed by atoms with E-state index >= 15 is 0 Å². The lowest BCUT2D eigenvalue weighted by Crippen LogP contribution is -1.88. The summed E-state index contributed by atoms with van der Waals surface area (Å²) in [6.07, 6.45) is 4.00. The van der Waals surface area contributed by atoms with Crippen molar-refractivity contribution in [3.8, 4) is 5.30 Å². The molecule has 0 aliphatic heterocycles. The lowest BCUT2D eigenvalue weighted by Gasteiger charge is -2.06. The van der Waals surface area contributed by atoms with E-state index in [9.17, 15) is 0 Å².